The first-order valence-corrected chi connectivity index (χ1v) is 5.86. The molecule has 2 rings (SSSR count). The van der Waals surface area contributed by atoms with Crippen LogP contribution in [0.25, 0.3) is 5.69 Å². The largest absolute Gasteiger partial charge is 0.325 e. The van der Waals surface area contributed by atoms with Crippen molar-refractivity contribution in [3.05, 3.63) is 36.7 Å². The zero-order valence-corrected chi connectivity index (χ0v) is 10.4. The van der Waals surface area contributed by atoms with Gasteiger partial charge in [-0.1, -0.05) is 6.92 Å². The van der Waals surface area contributed by atoms with Crippen molar-refractivity contribution in [1.29, 1.82) is 0 Å². The molecule has 1 aromatic heterocycles. The topological polar surface area (TPSA) is 71.8 Å². The number of nitrogens with one attached hydrogen (secondary N) is 2. The molecule has 0 fully saturated rings. The lowest BCUT2D eigenvalue weighted by molar-refractivity contribution is -0.115. The number of carbonyl (C=O) groups excluding carboxylic acids is 1. The van der Waals surface area contributed by atoms with E-state index in [-0.39, 0.29) is 18.1 Å². The molecule has 0 radical (unpaired) electrons. The van der Waals surface area contributed by atoms with Crippen LogP contribution in [0, 0.1) is 5.82 Å². The van der Waals surface area contributed by atoms with Gasteiger partial charge in [-0.15, -0.1) is 0 Å². The van der Waals surface area contributed by atoms with E-state index in [1.165, 1.54) is 29.5 Å². The predicted octanol–water partition coefficient (Wildman–Crippen LogP) is 0.954. The van der Waals surface area contributed by atoms with Gasteiger partial charge in [-0.3, -0.25) is 4.79 Å². The molecule has 0 aliphatic rings. The molecule has 7 heteroatoms. The van der Waals surface area contributed by atoms with Crippen LogP contribution in [0.2, 0.25) is 0 Å². The molecule has 0 aliphatic heterocycles. The average molecular weight is 263 g/mol. The van der Waals surface area contributed by atoms with Crippen LogP contribution < -0.4 is 10.6 Å². The monoisotopic (exact) mass is 263 g/mol. The molecule has 2 N–H and O–H groups in total. The molecule has 0 spiro atoms. The van der Waals surface area contributed by atoms with Crippen molar-refractivity contribution in [2.75, 3.05) is 18.4 Å². The molecule has 6 nitrogen and oxygen atoms in total. The normalized spacial score (nSPS) is 10.4. The Morgan fingerprint density at radius 2 is 2.32 bits per heavy atom. The number of benzene rings is 1. The number of rotatable bonds is 5. The number of likely N-dealkylation sites (N-methyl/N-ethyl adjacent to an activating group) is 1. The summed E-state index contributed by atoms with van der Waals surface area (Å²) in [4.78, 5) is 15.2. The number of amides is 1. The van der Waals surface area contributed by atoms with Gasteiger partial charge in [-0.25, -0.2) is 14.1 Å². The standard InChI is InChI=1S/C12H14FN5O/c1-2-14-6-12(19)17-9-3-4-11(10(13)5-9)18-8-15-7-16-18/h3-5,7-8,14H,2,6H2,1H3,(H,17,19). The number of hydrogen-bond donors (Lipinski definition) is 2. The minimum Gasteiger partial charge on any atom is -0.325 e. The maximum Gasteiger partial charge on any atom is 0.238 e. The molecule has 0 atom stereocenters. The van der Waals surface area contributed by atoms with Crippen LogP contribution in [0.5, 0.6) is 0 Å². The predicted molar refractivity (Wildman–Crippen MR) is 68.5 cm³/mol. The molecular formula is C12H14FN5O. The van der Waals surface area contributed by atoms with E-state index in [4.69, 9.17) is 0 Å². The van der Waals surface area contributed by atoms with Crippen LogP contribution in [0.15, 0.2) is 30.9 Å². The quantitative estimate of drug-likeness (QED) is 0.842. The highest BCUT2D eigenvalue weighted by molar-refractivity contribution is 5.92. The second-order valence-corrected chi connectivity index (χ2v) is 3.83. The Kier molecular flexibility index (Phi) is 4.19. The number of aromatic nitrogens is 3. The maximum absolute atomic E-state index is 13.9. The Hall–Kier alpha value is -2.28. The van der Waals surface area contributed by atoms with Crippen molar-refractivity contribution in [2.24, 2.45) is 0 Å². The van der Waals surface area contributed by atoms with Crippen LogP contribution in [0.1, 0.15) is 6.92 Å². The molecule has 100 valence electrons. The summed E-state index contributed by atoms with van der Waals surface area (Å²) < 4.78 is 15.2. The Bertz CT molecular complexity index is 555. The molecule has 0 saturated heterocycles. The van der Waals surface area contributed by atoms with Crippen molar-refractivity contribution in [2.45, 2.75) is 6.92 Å². The maximum atomic E-state index is 13.9. The lowest BCUT2D eigenvalue weighted by Crippen LogP contribution is -2.27. The average Bonchev–Trinajstić information content (AvgIpc) is 2.90. The molecule has 19 heavy (non-hydrogen) atoms. The number of halogens is 1. The van der Waals surface area contributed by atoms with Crippen molar-refractivity contribution < 1.29 is 9.18 Å². The molecule has 0 saturated carbocycles. The SMILES string of the molecule is CCNCC(=O)Nc1ccc(-n2cncn2)c(F)c1. The summed E-state index contributed by atoms with van der Waals surface area (Å²) >= 11 is 0. The molecular weight excluding hydrogens is 249 g/mol. The van der Waals surface area contributed by atoms with Gasteiger partial charge in [0.15, 0.2) is 5.82 Å². The second-order valence-electron chi connectivity index (χ2n) is 3.83. The summed E-state index contributed by atoms with van der Waals surface area (Å²) in [6.45, 7) is 2.80. The fourth-order valence-electron chi connectivity index (χ4n) is 1.55. The molecule has 2 aromatic rings. The zero-order valence-electron chi connectivity index (χ0n) is 10.4. The third-order valence-corrected chi connectivity index (χ3v) is 2.43. The Morgan fingerprint density at radius 1 is 1.47 bits per heavy atom. The van der Waals surface area contributed by atoms with Gasteiger partial charge in [0, 0.05) is 5.69 Å². The number of nitrogens with zero attached hydrogens (tertiary/aromatic N) is 3. The molecule has 1 amide bonds. The highest BCUT2D eigenvalue weighted by Gasteiger charge is 2.08. The van der Waals surface area contributed by atoms with E-state index in [2.05, 4.69) is 20.7 Å². The van der Waals surface area contributed by atoms with Crippen LogP contribution in [-0.4, -0.2) is 33.8 Å². The zero-order chi connectivity index (χ0) is 13.7. The summed E-state index contributed by atoms with van der Waals surface area (Å²) in [5.41, 5.74) is 0.687. The summed E-state index contributed by atoms with van der Waals surface area (Å²) in [6, 6.07) is 4.40. The van der Waals surface area contributed by atoms with E-state index in [1.807, 2.05) is 6.92 Å². The van der Waals surface area contributed by atoms with Gasteiger partial charge in [0.1, 0.15) is 18.3 Å². The highest BCUT2D eigenvalue weighted by atomic mass is 19.1. The van der Waals surface area contributed by atoms with Crippen molar-refractivity contribution in [3.8, 4) is 5.69 Å². The minimum absolute atomic E-state index is 0.197. The third kappa shape index (κ3) is 3.35. The van der Waals surface area contributed by atoms with E-state index < -0.39 is 5.82 Å². The summed E-state index contributed by atoms with van der Waals surface area (Å²) in [7, 11) is 0. The van der Waals surface area contributed by atoms with Gasteiger partial charge in [0.25, 0.3) is 0 Å². The summed E-state index contributed by atoms with van der Waals surface area (Å²) in [5.74, 6) is -0.693. The smallest absolute Gasteiger partial charge is 0.238 e. The van der Waals surface area contributed by atoms with E-state index >= 15 is 0 Å². The van der Waals surface area contributed by atoms with Crippen molar-refractivity contribution in [3.63, 3.8) is 0 Å². The number of hydrogen-bond acceptors (Lipinski definition) is 4. The molecule has 1 aromatic carbocycles. The van der Waals surface area contributed by atoms with E-state index in [9.17, 15) is 9.18 Å². The van der Waals surface area contributed by atoms with Gasteiger partial charge >= 0.3 is 0 Å². The second kappa shape index (κ2) is 6.05. The fourth-order valence-corrected chi connectivity index (χ4v) is 1.55. The Balaban J connectivity index is 2.09. The Labute approximate surface area is 109 Å². The van der Waals surface area contributed by atoms with Crippen LogP contribution in [0.3, 0.4) is 0 Å². The van der Waals surface area contributed by atoms with Gasteiger partial charge in [-0.05, 0) is 24.7 Å². The van der Waals surface area contributed by atoms with Gasteiger partial charge in [-0.2, -0.15) is 5.10 Å². The van der Waals surface area contributed by atoms with E-state index in [0.29, 0.717) is 12.2 Å². The third-order valence-electron chi connectivity index (χ3n) is 2.43. The lowest BCUT2D eigenvalue weighted by atomic mass is 10.2. The first-order valence-electron chi connectivity index (χ1n) is 5.86. The number of anilines is 1. The highest BCUT2D eigenvalue weighted by Crippen LogP contribution is 2.17. The molecule has 0 aliphatic carbocycles. The van der Waals surface area contributed by atoms with Gasteiger partial charge in [0.05, 0.1) is 6.54 Å². The first-order chi connectivity index (χ1) is 9.20. The van der Waals surface area contributed by atoms with Crippen molar-refractivity contribution in [1.82, 2.24) is 20.1 Å². The molecule has 0 unspecified atom stereocenters. The molecule has 0 bridgehead atoms. The minimum atomic E-state index is -0.480. The van der Waals surface area contributed by atoms with Gasteiger partial charge < -0.3 is 10.6 Å². The number of carbonyl (C=O) groups is 1. The van der Waals surface area contributed by atoms with Crippen molar-refractivity contribution >= 4 is 11.6 Å². The van der Waals surface area contributed by atoms with E-state index in [0.717, 1.165) is 0 Å². The summed E-state index contributed by atoms with van der Waals surface area (Å²) in [6.07, 6.45) is 2.73. The van der Waals surface area contributed by atoms with Crippen LogP contribution in [0.4, 0.5) is 10.1 Å². The fraction of sp³-hybridized carbons (Fsp3) is 0.250. The first kappa shape index (κ1) is 13.2. The van der Waals surface area contributed by atoms with Gasteiger partial charge in [0.2, 0.25) is 5.91 Å². The Morgan fingerprint density at radius 3 is 2.95 bits per heavy atom. The van der Waals surface area contributed by atoms with E-state index in [1.54, 1.807) is 6.07 Å². The van der Waals surface area contributed by atoms with Crippen LogP contribution >= 0.6 is 0 Å². The van der Waals surface area contributed by atoms with Crippen LogP contribution in [-0.2, 0) is 4.79 Å². The summed E-state index contributed by atoms with van der Waals surface area (Å²) in [5, 5.41) is 9.34. The molecule has 1 heterocycles. The lowest BCUT2D eigenvalue weighted by Gasteiger charge is -2.08.